The number of halogens is 2. The first-order valence-corrected chi connectivity index (χ1v) is 15.2. The minimum atomic E-state index is -0.252. The van der Waals surface area contributed by atoms with Gasteiger partial charge < -0.3 is 19.5 Å². The van der Waals surface area contributed by atoms with Gasteiger partial charge in [0, 0.05) is 54.1 Å². The van der Waals surface area contributed by atoms with Crippen LogP contribution in [0.3, 0.4) is 0 Å². The van der Waals surface area contributed by atoms with E-state index in [4.69, 9.17) is 16.3 Å². The third-order valence-electron chi connectivity index (χ3n) is 8.11. The molecule has 0 saturated carbocycles. The average Bonchev–Trinajstić information content (AvgIpc) is 3.67. The van der Waals surface area contributed by atoms with Crippen molar-refractivity contribution in [2.75, 3.05) is 26.2 Å². The molecule has 4 aromatic carbocycles. The zero-order chi connectivity index (χ0) is 29.6. The van der Waals surface area contributed by atoms with Gasteiger partial charge in [-0.15, -0.1) is 0 Å². The van der Waals surface area contributed by atoms with Crippen molar-refractivity contribution in [1.82, 2.24) is 14.8 Å². The molecule has 1 aromatic heterocycles. The van der Waals surface area contributed by atoms with Crippen LogP contribution in [0.4, 0.5) is 4.39 Å². The lowest BCUT2D eigenvalue weighted by atomic mass is 9.88. The van der Waals surface area contributed by atoms with Crippen LogP contribution in [0.5, 0.6) is 11.5 Å². The van der Waals surface area contributed by atoms with E-state index in [-0.39, 0.29) is 17.6 Å². The minimum Gasteiger partial charge on any atom is -0.457 e. The van der Waals surface area contributed by atoms with E-state index in [2.05, 4.69) is 39.2 Å². The number of likely N-dealkylation sites (tertiary alicyclic amines) is 1. The third kappa shape index (κ3) is 7.27. The van der Waals surface area contributed by atoms with Crippen molar-refractivity contribution in [2.24, 2.45) is 0 Å². The molecule has 5 nitrogen and oxygen atoms in total. The summed E-state index contributed by atoms with van der Waals surface area (Å²) in [7, 11) is 0. The number of ether oxygens (including phenoxy) is 1. The van der Waals surface area contributed by atoms with Gasteiger partial charge in [-0.25, -0.2) is 4.39 Å². The van der Waals surface area contributed by atoms with Gasteiger partial charge >= 0.3 is 0 Å². The molecular weight excluding hydrogens is 561 g/mol. The molecule has 0 bridgehead atoms. The summed E-state index contributed by atoms with van der Waals surface area (Å²) in [5.74, 6) is 0.935. The van der Waals surface area contributed by atoms with Gasteiger partial charge in [0.05, 0.1) is 0 Å². The van der Waals surface area contributed by atoms with E-state index in [1.54, 1.807) is 12.1 Å². The van der Waals surface area contributed by atoms with Crippen molar-refractivity contribution in [2.45, 2.75) is 31.7 Å². The Kier molecular flexibility index (Phi) is 9.06. The summed E-state index contributed by atoms with van der Waals surface area (Å²) < 4.78 is 22.0. The minimum absolute atomic E-state index is 0.0172. The first-order valence-electron chi connectivity index (χ1n) is 14.9. The number of para-hydroxylation sites is 1. The van der Waals surface area contributed by atoms with Gasteiger partial charge in [0.2, 0.25) is 5.91 Å². The van der Waals surface area contributed by atoms with Gasteiger partial charge in [-0.05, 0) is 97.2 Å². The normalized spacial score (nSPS) is 14.2. The fraction of sp³-hybridized carbons (Fsp3) is 0.250. The maximum atomic E-state index is 13.6. The number of benzene rings is 4. The Labute approximate surface area is 256 Å². The van der Waals surface area contributed by atoms with Crippen LogP contribution < -0.4 is 10.1 Å². The van der Waals surface area contributed by atoms with Crippen molar-refractivity contribution in [1.29, 1.82) is 0 Å². The quantitative estimate of drug-likeness (QED) is 0.168. The summed E-state index contributed by atoms with van der Waals surface area (Å²) in [5.41, 5.74) is 4.12. The summed E-state index contributed by atoms with van der Waals surface area (Å²) in [5, 5.41) is 4.91. The number of rotatable bonds is 11. The lowest BCUT2D eigenvalue weighted by Gasteiger charge is -2.19. The molecule has 5 aromatic rings. The molecule has 1 saturated heterocycles. The Morgan fingerprint density at radius 3 is 2.47 bits per heavy atom. The van der Waals surface area contributed by atoms with E-state index in [0.717, 1.165) is 47.2 Å². The maximum Gasteiger partial charge on any atom is 0.220 e. The van der Waals surface area contributed by atoms with Crippen LogP contribution >= 0.6 is 11.6 Å². The summed E-state index contributed by atoms with van der Waals surface area (Å²) in [6.45, 7) is 4.31. The molecule has 1 aliphatic rings. The molecule has 7 heteroatoms. The SMILES string of the molecule is O=C(CC(c1cccc(Oc2ccc(Cl)cc2)c1)c1cn(Cc2ccc(F)cc2)c2ccccc12)NCCN1CCCC1. The van der Waals surface area contributed by atoms with Crippen LogP contribution in [0.25, 0.3) is 10.9 Å². The predicted molar refractivity (Wildman–Crippen MR) is 171 cm³/mol. The van der Waals surface area contributed by atoms with Crippen LogP contribution in [-0.4, -0.2) is 41.6 Å². The predicted octanol–water partition coefficient (Wildman–Crippen LogP) is 8.01. The molecule has 1 N–H and O–H groups in total. The molecule has 1 atom stereocenters. The van der Waals surface area contributed by atoms with E-state index >= 15 is 0 Å². The van der Waals surface area contributed by atoms with Crippen molar-refractivity contribution in [3.63, 3.8) is 0 Å². The van der Waals surface area contributed by atoms with Crippen molar-refractivity contribution in [3.05, 3.63) is 131 Å². The Morgan fingerprint density at radius 2 is 1.67 bits per heavy atom. The first-order chi connectivity index (χ1) is 21.0. The highest BCUT2D eigenvalue weighted by molar-refractivity contribution is 6.30. The standard InChI is InChI=1S/C36H35ClFN3O2/c37-28-12-16-30(17-13-28)43-31-7-5-6-27(22-31)33(23-36(42)39-18-21-40-19-3-4-20-40)34-25-41(35-9-2-1-8-32(34)35)24-26-10-14-29(38)15-11-26/h1-2,5-17,22,25,33H,3-4,18-21,23-24H2,(H,39,42). The number of hydrogen-bond donors (Lipinski definition) is 1. The Morgan fingerprint density at radius 1 is 0.907 bits per heavy atom. The number of nitrogens with zero attached hydrogens (tertiary/aromatic N) is 2. The lowest BCUT2D eigenvalue weighted by Crippen LogP contribution is -2.34. The monoisotopic (exact) mass is 595 g/mol. The largest absolute Gasteiger partial charge is 0.457 e. The molecule has 0 spiro atoms. The van der Waals surface area contributed by atoms with Gasteiger partial charge in [0.25, 0.3) is 0 Å². The van der Waals surface area contributed by atoms with Gasteiger partial charge in [-0.3, -0.25) is 4.79 Å². The summed E-state index contributed by atoms with van der Waals surface area (Å²) in [4.78, 5) is 15.8. The Hall–Kier alpha value is -4.13. The molecule has 6 rings (SSSR count). The van der Waals surface area contributed by atoms with E-state index in [1.165, 1.54) is 25.0 Å². The molecule has 2 heterocycles. The van der Waals surface area contributed by atoms with E-state index in [9.17, 15) is 9.18 Å². The van der Waals surface area contributed by atoms with E-state index in [0.29, 0.717) is 36.0 Å². The number of fused-ring (bicyclic) bond motifs is 1. The van der Waals surface area contributed by atoms with Crippen molar-refractivity contribution < 1.29 is 13.9 Å². The van der Waals surface area contributed by atoms with Gasteiger partial charge in [-0.1, -0.05) is 54.1 Å². The zero-order valence-electron chi connectivity index (χ0n) is 24.0. The van der Waals surface area contributed by atoms with Gasteiger partial charge in [0.15, 0.2) is 0 Å². The topological polar surface area (TPSA) is 46.5 Å². The average molecular weight is 596 g/mol. The fourth-order valence-corrected chi connectivity index (χ4v) is 6.05. The Bertz CT molecular complexity index is 1680. The maximum absolute atomic E-state index is 13.6. The lowest BCUT2D eigenvalue weighted by molar-refractivity contribution is -0.121. The van der Waals surface area contributed by atoms with Crippen molar-refractivity contribution >= 4 is 28.4 Å². The third-order valence-corrected chi connectivity index (χ3v) is 8.36. The summed E-state index contributed by atoms with van der Waals surface area (Å²) >= 11 is 6.06. The van der Waals surface area contributed by atoms with Crippen LogP contribution in [0.15, 0.2) is 103 Å². The number of carbonyl (C=O) groups excluding carboxylic acids is 1. The molecule has 1 fully saturated rings. The molecule has 0 radical (unpaired) electrons. The zero-order valence-corrected chi connectivity index (χ0v) is 24.8. The van der Waals surface area contributed by atoms with Crippen LogP contribution in [0, 0.1) is 5.82 Å². The smallest absolute Gasteiger partial charge is 0.220 e. The fourth-order valence-electron chi connectivity index (χ4n) is 5.93. The highest BCUT2D eigenvalue weighted by Crippen LogP contribution is 2.37. The van der Waals surface area contributed by atoms with Gasteiger partial charge in [-0.2, -0.15) is 0 Å². The summed E-state index contributed by atoms with van der Waals surface area (Å²) in [6, 6.07) is 30.1. The molecule has 1 unspecified atom stereocenters. The van der Waals surface area contributed by atoms with E-state index in [1.807, 2.05) is 54.6 Å². The number of hydrogen-bond acceptors (Lipinski definition) is 3. The second-order valence-corrected chi connectivity index (χ2v) is 11.6. The highest BCUT2D eigenvalue weighted by Gasteiger charge is 2.24. The number of carbonyl (C=O) groups is 1. The first kappa shape index (κ1) is 29.0. The Balaban J connectivity index is 1.32. The van der Waals surface area contributed by atoms with E-state index < -0.39 is 0 Å². The second-order valence-electron chi connectivity index (χ2n) is 11.1. The van der Waals surface area contributed by atoms with Crippen LogP contribution in [0.1, 0.15) is 41.9 Å². The van der Waals surface area contributed by atoms with Crippen molar-refractivity contribution in [3.8, 4) is 11.5 Å². The second kappa shape index (κ2) is 13.4. The molecule has 1 aliphatic heterocycles. The molecule has 0 aliphatic carbocycles. The highest BCUT2D eigenvalue weighted by atomic mass is 35.5. The van der Waals surface area contributed by atoms with Crippen LogP contribution in [-0.2, 0) is 11.3 Å². The number of aromatic nitrogens is 1. The molecule has 43 heavy (non-hydrogen) atoms. The molecule has 1 amide bonds. The number of amides is 1. The van der Waals surface area contributed by atoms with Gasteiger partial charge in [0.1, 0.15) is 17.3 Å². The number of nitrogens with one attached hydrogen (secondary N) is 1. The van der Waals surface area contributed by atoms with Crippen LogP contribution in [0.2, 0.25) is 5.02 Å². The summed E-state index contributed by atoms with van der Waals surface area (Å²) in [6.07, 6.45) is 4.90. The molecule has 220 valence electrons. The molecular formula is C36H35ClFN3O2.